The summed E-state index contributed by atoms with van der Waals surface area (Å²) in [4.78, 5) is 17.8. The minimum atomic E-state index is -0.722. The third-order valence-corrected chi connectivity index (χ3v) is 6.26. The number of aromatic nitrogens is 1. The van der Waals surface area contributed by atoms with Crippen molar-refractivity contribution >= 4 is 17.2 Å². The quantitative estimate of drug-likeness (QED) is 0.499. The van der Waals surface area contributed by atoms with Gasteiger partial charge in [0.15, 0.2) is 11.5 Å². The third kappa shape index (κ3) is 5.05. The average molecular weight is 460 g/mol. The molecule has 4 rings (SSSR count). The second kappa shape index (κ2) is 9.62. The van der Waals surface area contributed by atoms with Crippen molar-refractivity contribution in [2.24, 2.45) is 11.7 Å². The lowest BCUT2D eigenvalue weighted by Gasteiger charge is -2.11. The predicted molar refractivity (Wildman–Crippen MR) is 118 cm³/mol. The minimum absolute atomic E-state index is 0.0937. The van der Waals surface area contributed by atoms with E-state index in [9.17, 15) is 13.6 Å². The SMILES string of the molecule is COc1ccc(-c2nc(C(=O)NCc3ccc(F)cc3F)c(CN)s2)cc1OCC1CC1. The smallest absolute Gasteiger partial charge is 0.271 e. The molecule has 168 valence electrons. The number of hydrogen-bond donors (Lipinski definition) is 2. The Morgan fingerprint density at radius 2 is 2.03 bits per heavy atom. The molecule has 1 aromatic heterocycles. The molecule has 0 saturated heterocycles. The van der Waals surface area contributed by atoms with Crippen molar-refractivity contribution in [3.8, 4) is 22.1 Å². The van der Waals surface area contributed by atoms with Gasteiger partial charge in [-0.15, -0.1) is 11.3 Å². The highest BCUT2D eigenvalue weighted by Gasteiger charge is 2.23. The zero-order valence-electron chi connectivity index (χ0n) is 17.5. The van der Waals surface area contributed by atoms with Crippen molar-refractivity contribution in [1.82, 2.24) is 10.3 Å². The molecule has 0 atom stereocenters. The highest BCUT2D eigenvalue weighted by Crippen LogP contribution is 2.37. The molecule has 3 N–H and O–H groups in total. The molecular formula is C23H23F2N3O3S. The Balaban J connectivity index is 1.53. The van der Waals surface area contributed by atoms with Crippen LogP contribution in [0.1, 0.15) is 33.8 Å². The Bertz CT molecular complexity index is 1130. The maximum Gasteiger partial charge on any atom is 0.271 e. The maximum absolute atomic E-state index is 13.8. The fourth-order valence-electron chi connectivity index (χ4n) is 3.13. The van der Waals surface area contributed by atoms with Crippen LogP contribution in [0.2, 0.25) is 0 Å². The van der Waals surface area contributed by atoms with Gasteiger partial charge in [-0.05, 0) is 43.0 Å². The predicted octanol–water partition coefficient (Wildman–Crippen LogP) is 4.27. The second-order valence-corrected chi connectivity index (χ2v) is 8.62. The lowest BCUT2D eigenvalue weighted by atomic mass is 10.2. The molecule has 0 aliphatic heterocycles. The minimum Gasteiger partial charge on any atom is -0.493 e. The first-order valence-electron chi connectivity index (χ1n) is 10.2. The van der Waals surface area contributed by atoms with E-state index in [0.717, 1.165) is 17.7 Å². The first-order chi connectivity index (χ1) is 15.5. The number of halogens is 2. The van der Waals surface area contributed by atoms with Gasteiger partial charge in [0.1, 0.15) is 22.3 Å². The molecule has 1 saturated carbocycles. The van der Waals surface area contributed by atoms with Gasteiger partial charge < -0.3 is 20.5 Å². The number of ether oxygens (including phenoxy) is 2. The maximum atomic E-state index is 13.8. The number of methoxy groups -OCH3 is 1. The highest BCUT2D eigenvalue weighted by atomic mass is 32.1. The van der Waals surface area contributed by atoms with Gasteiger partial charge in [-0.3, -0.25) is 4.79 Å². The number of rotatable bonds is 9. The van der Waals surface area contributed by atoms with Gasteiger partial charge in [0.05, 0.1) is 18.6 Å². The van der Waals surface area contributed by atoms with Gasteiger partial charge in [0.2, 0.25) is 0 Å². The second-order valence-electron chi connectivity index (χ2n) is 7.53. The van der Waals surface area contributed by atoms with Crippen LogP contribution < -0.4 is 20.5 Å². The van der Waals surface area contributed by atoms with Gasteiger partial charge in [0.25, 0.3) is 5.91 Å². The average Bonchev–Trinajstić information content (AvgIpc) is 3.52. The van der Waals surface area contributed by atoms with E-state index in [1.807, 2.05) is 12.1 Å². The van der Waals surface area contributed by atoms with Gasteiger partial charge in [0, 0.05) is 30.3 Å². The fraction of sp³-hybridized carbons (Fsp3) is 0.304. The van der Waals surface area contributed by atoms with Gasteiger partial charge in [-0.2, -0.15) is 0 Å². The molecule has 1 heterocycles. The Labute approximate surface area is 188 Å². The van der Waals surface area contributed by atoms with E-state index in [0.29, 0.717) is 33.9 Å². The summed E-state index contributed by atoms with van der Waals surface area (Å²) in [7, 11) is 1.58. The first kappa shape index (κ1) is 22.2. The number of nitrogens with two attached hydrogens (primary N) is 1. The molecule has 9 heteroatoms. The summed E-state index contributed by atoms with van der Waals surface area (Å²) in [5, 5.41) is 3.24. The summed E-state index contributed by atoms with van der Waals surface area (Å²) in [5.74, 6) is -0.0282. The van der Waals surface area contributed by atoms with E-state index in [2.05, 4.69) is 10.3 Å². The van der Waals surface area contributed by atoms with Gasteiger partial charge in [-0.25, -0.2) is 13.8 Å². The first-order valence-corrected chi connectivity index (χ1v) is 11.0. The van der Waals surface area contributed by atoms with E-state index >= 15 is 0 Å². The number of hydrogen-bond acceptors (Lipinski definition) is 6. The highest BCUT2D eigenvalue weighted by molar-refractivity contribution is 7.15. The van der Waals surface area contributed by atoms with Crippen molar-refractivity contribution in [3.05, 3.63) is 64.2 Å². The lowest BCUT2D eigenvalue weighted by molar-refractivity contribution is 0.0945. The molecule has 1 aliphatic rings. The van der Waals surface area contributed by atoms with Crippen molar-refractivity contribution < 1.29 is 23.0 Å². The summed E-state index contributed by atoms with van der Waals surface area (Å²) in [6.07, 6.45) is 2.35. The van der Waals surface area contributed by atoms with Crippen molar-refractivity contribution in [3.63, 3.8) is 0 Å². The summed E-state index contributed by atoms with van der Waals surface area (Å²) < 4.78 is 38.2. The normalized spacial score (nSPS) is 13.1. The topological polar surface area (TPSA) is 86.5 Å². The number of benzene rings is 2. The van der Waals surface area contributed by atoms with Gasteiger partial charge >= 0.3 is 0 Å². The van der Waals surface area contributed by atoms with Crippen LogP contribution in [0.3, 0.4) is 0 Å². The van der Waals surface area contributed by atoms with Crippen LogP contribution in [0.15, 0.2) is 36.4 Å². The van der Waals surface area contributed by atoms with E-state index in [4.69, 9.17) is 15.2 Å². The molecule has 6 nitrogen and oxygen atoms in total. The van der Waals surface area contributed by atoms with Crippen LogP contribution >= 0.6 is 11.3 Å². The monoisotopic (exact) mass is 459 g/mol. The standard InChI is InChI=1S/C23H23F2N3O3S/c1-30-18-7-5-14(8-19(18)31-12-13-2-3-13)23-28-21(20(10-26)32-23)22(29)27-11-15-4-6-16(24)9-17(15)25/h4-9,13H,2-3,10-12,26H2,1H3,(H,27,29). The van der Waals surface area contributed by atoms with Crippen molar-refractivity contribution in [2.45, 2.75) is 25.9 Å². The molecule has 0 radical (unpaired) electrons. The Hall–Kier alpha value is -3.04. The molecule has 0 spiro atoms. The summed E-state index contributed by atoms with van der Waals surface area (Å²) >= 11 is 1.31. The summed E-state index contributed by atoms with van der Waals surface area (Å²) in [6, 6.07) is 8.71. The molecule has 1 aliphatic carbocycles. The van der Waals surface area contributed by atoms with Crippen LogP contribution in [0.25, 0.3) is 10.6 Å². The molecular weight excluding hydrogens is 436 g/mol. The van der Waals surface area contributed by atoms with Crippen LogP contribution in [0, 0.1) is 17.6 Å². The van der Waals surface area contributed by atoms with E-state index in [-0.39, 0.29) is 24.3 Å². The Kier molecular flexibility index (Phi) is 6.66. The molecule has 32 heavy (non-hydrogen) atoms. The number of nitrogens with one attached hydrogen (secondary N) is 1. The summed E-state index contributed by atoms with van der Waals surface area (Å²) in [6.45, 7) is 0.676. The molecule has 2 aromatic carbocycles. The van der Waals surface area contributed by atoms with Crippen LogP contribution in [0.5, 0.6) is 11.5 Å². The zero-order valence-corrected chi connectivity index (χ0v) is 18.3. The van der Waals surface area contributed by atoms with Crippen LogP contribution in [-0.4, -0.2) is 24.6 Å². The van der Waals surface area contributed by atoms with Crippen molar-refractivity contribution in [2.75, 3.05) is 13.7 Å². The molecule has 3 aromatic rings. The Morgan fingerprint density at radius 1 is 1.22 bits per heavy atom. The lowest BCUT2D eigenvalue weighted by Crippen LogP contribution is -2.25. The van der Waals surface area contributed by atoms with E-state index < -0.39 is 17.5 Å². The fourth-order valence-corrected chi connectivity index (χ4v) is 4.06. The molecule has 0 unspecified atom stereocenters. The van der Waals surface area contributed by atoms with E-state index in [1.54, 1.807) is 13.2 Å². The number of thiazole rings is 1. The zero-order chi connectivity index (χ0) is 22.7. The number of carbonyl (C=O) groups excluding carboxylic acids is 1. The number of nitrogens with zero attached hydrogens (tertiary/aromatic N) is 1. The van der Waals surface area contributed by atoms with E-state index in [1.165, 1.54) is 30.2 Å². The largest absolute Gasteiger partial charge is 0.493 e. The number of amides is 1. The Morgan fingerprint density at radius 3 is 2.72 bits per heavy atom. The van der Waals surface area contributed by atoms with Crippen LogP contribution in [0.4, 0.5) is 8.78 Å². The molecule has 1 amide bonds. The van der Waals surface area contributed by atoms with Gasteiger partial charge in [-0.1, -0.05) is 6.07 Å². The van der Waals surface area contributed by atoms with Crippen LogP contribution in [-0.2, 0) is 13.1 Å². The van der Waals surface area contributed by atoms with Crippen molar-refractivity contribution in [1.29, 1.82) is 0 Å². The molecule has 0 bridgehead atoms. The third-order valence-electron chi connectivity index (χ3n) is 5.13. The molecule has 1 fully saturated rings. The number of carbonyl (C=O) groups is 1. The summed E-state index contributed by atoms with van der Waals surface area (Å²) in [5.41, 5.74) is 6.98.